The van der Waals surface area contributed by atoms with E-state index in [-0.39, 0.29) is 30.1 Å². The van der Waals surface area contributed by atoms with Crippen molar-refractivity contribution < 1.29 is 14.3 Å². The fraction of sp³-hybridized carbons (Fsp3) is 0.545. The van der Waals surface area contributed by atoms with Crippen LogP contribution in [-0.2, 0) is 16.1 Å². The van der Waals surface area contributed by atoms with Gasteiger partial charge in [-0.15, -0.1) is 0 Å². The summed E-state index contributed by atoms with van der Waals surface area (Å²) in [5.74, 6) is 0.633. The van der Waals surface area contributed by atoms with E-state index in [9.17, 15) is 4.79 Å². The van der Waals surface area contributed by atoms with E-state index < -0.39 is 0 Å². The van der Waals surface area contributed by atoms with Gasteiger partial charge in [0.1, 0.15) is 5.75 Å². The van der Waals surface area contributed by atoms with Gasteiger partial charge in [-0.2, -0.15) is 5.10 Å². The van der Waals surface area contributed by atoms with Crippen LogP contribution in [0.5, 0.6) is 5.75 Å². The molecule has 0 saturated carbocycles. The minimum absolute atomic E-state index is 0.0101. The van der Waals surface area contributed by atoms with Crippen molar-refractivity contribution in [3.05, 3.63) is 47.3 Å². The maximum absolute atomic E-state index is 12.9. The summed E-state index contributed by atoms with van der Waals surface area (Å²) in [5, 5.41) is 7.46. The quantitative estimate of drug-likeness (QED) is 0.784. The molecule has 0 unspecified atom stereocenters. The Hall–Kier alpha value is -2.34. The van der Waals surface area contributed by atoms with Crippen LogP contribution in [0.4, 0.5) is 0 Å². The van der Waals surface area contributed by atoms with Crippen LogP contribution in [0.2, 0.25) is 0 Å². The SMILES string of the molecule is Cc1ccc(CNC(=O)[C@H]2CCO[C@@H]2c2cnn(C(C)C)c2)c(OC(C)C)c1. The van der Waals surface area contributed by atoms with Gasteiger partial charge in [-0.25, -0.2) is 0 Å². The summed E-state index contributed by atoms with van der Waals surface area (Å²) in [6.07, 6.45) is 4.35. The molecule has 0 radical (unpaired) electrons. The lowest BCUT2D eigenvalue weighted by molar-refractivity contribution is -0.126. The number of carbonyl (C=O) groups excluding carboxylic acids is 1. The monoisotopic (exact) mass is 385 g/mol. The Balaban J connectivity index is 1.67. The normalized spacial score (nSPS) is 19.4. The van der Waals surface area contributed by atoms with Crippen LogP contribution in [-0.4, -0.2) is 28.4 Å². The van der Waals surface area contributed by atoms with E-state index in [2.05, 4.69) is 24.3 Å². The first-order valence-electron chi connectivity index (χ1n) is 10.0. The van der Waals surface area contributed by atoms with E-state index in [4.69, 9.17) is 9.47 Å². The molecule has 1 N–H and O–H groups in total. The lowest BCUT2D eigenvalue weighted by Crippen LogP contribution is -2.32. The molecule has 0 bridgehead atoms. The molecule has 1 saturated heterocycles. The fourth-order valence-corrected chi connectivity index (χ4v) is 3.45. The molecule has 2 aromatic rings. The molecule has 1 fully saturated rings. The molecule has 6 heteroatoms. The van der Waals surface area contributed by atoms with E-state index in [1.165, 1.54) is 0 Å². The van der Waals surface area contributed by atoms with Gasteiger partial charge in [0.05, 0.1) is 24.3 Å². The molecule has 1 aromatic heterocycles. The van der Waals surface area contributed by atoms with Gasteiger partial charge in [0, 0.05) is 36.5 Å². The minimum atomic E-state index is -0.239. The third-order valence-corrected chi connectivity index (χ3v) is 4.95. The van der Waals surface area contributed by atoms with Gasteiger partial charge in [0.15, 0.2) is 0 Å². The second-order valence-corrected chi connectivity index (χ2v) is 8.03. The highest BCUT2D eigenvalue weighted by atomic mass is 16.5. The Bertz CT molecular complexity index is 813. The van der Waals surface area contributed by atoms with Crippen molar-refractivity contribution >= 4 is 5.91 Å². The van der Waals surface area contributed by atoms with Gasteiger partial charge in [-0.1, -0.05) is 12.1 Å². The van der Waals surface area contributed by atoms with Gasteiger partial charge < -0.3 is 14.8 Å². The molecule has 2 heterocycles. The standard InChI is InChI=1S/C22H31N3O3/c1-14(2)25-13-18(12-24-25)21-19(8-9-27-21)22(26)23-11-17-7-6-16(5)10-20(17)28-15(3)4/h6-7,10,12-15,19,21H,8-9,11H2,1-5H3,(H,23,26)/t19-,21+/m0/s1. The first kappa shape index (κ1) is 20.4. The molecular weight excluding hydrogens is 354 g/mol. The summed E-state index contributed by atoms with van der Waals surface area (Å²) in [4.78, 5) is 12.9. The summed E-state index contributed by atoms with van der Waals surface area (Å²) < 4.78 is 13.7. The molecular formula is C22H31N3O3. The Morgan fingerprint density at radius 2 is 2.14 bits per heavy atom. The number of ether oxygens (including phenoxy) is 2. The van der Waals surface area contributed by atoms with Crippen molar-refractivity contribution in [2.24, 2.45) is 5.92 Å². The minimum Gasteiger partial charge on any atom is -0.491 e. The number of aromatic nitrogens is 2. The molecule has 28 heavy (non-hydrogen) atoms. The number of hydrogen-bond donors (Lipinski definition) is 1. The van der Waals surface area contributed by atoms with Crippen molar-refractivity contribution in [1.29, 1.82) is 0 Å². The largest absolute Gasteiger partial charge is 0.491 e. The topological polar surface area (TPSA) is 65.4 Å². The number of amides is 1. The van der Waals surface area contributed by atoms with Crippen LogP contribution < -0.4 is 10.1 Å². The maximum Gasteiger partial charge on any atom is 0.226 e. The van der Waals surface area contributed by atoms with Crippen LogP contribution in [0.25, 0.3) is 0 Å². The zero-order valence-electron chi connectivity index (χ0n) is 17.4. The van der Waals surface area contributed by atoms with E-state index in [1.54, 1.807) is 0 Å². The van der Waals surface area contributed by atoms with E-state index in [0.29, 0.717) is 19.6 Å². The molecule has 152 valence electrons. The molecule has 1 aliphatic rings. The first-order chi connectivity index (χ1) is 13.3. The van der Waals surface area contributed by atoms with Gasteiger partial charge in [-0.3, -0.25) is 9.48 Å². The van der Waals surface area contributed by atoms with Crippen molar-refractivity contribution in [3.63, 3.8) is 0 Å². The second-order valence-electron chi connectivity index (χ2n) is 8.03. The molecule has 1 amide bonds. The summed E-state index contributed by atoms with van der Waals surface area (Å²) in [6, 6.07) is 6.35. The average molecular weight is 386 g/mol. The van der Waals surface area contributed by atoms with Gasteiger partial charge in [-0.05, 0) is 52.7 Å². The number of carbonyl (C=O) groups is 1. The molecule has 1 aromatic carbocycles. The number of nitrogens with one attached hydrogen (secondary N) is 1. The molecule has 1 aliphatic heterocycles. The maximum atomic E-state index is 12.9. The third-order valence-electron chi connectivity index (χ3n) is 4.95. The molecule has 0 spiro atoms. The highest BCUT2D eigenvalue weighted by Crippen LogP contribution is 2.35. The van der Waals surface area contributed by atoms with E-state index in [1.807, 2.05) is 56.0 Å². The fourth-order valence-electron chi connectivity index (χ4n) is 3.45. The van der Waals surface area contributed by atoms with Crippen molar-refractivity contribution in [1.82, 2.24) is 15.1 Å². The van der Waals surface area contributed by atoms with Crippen LogP contribution in [0.15, 0.2) is 30.6 Å². The second kappa shape index (κ2) is 8.78. The third kappa shape index (κ3) is 4.73. The highest BCUT2D eigenvalue weighted by molar-refractivity contribution is 5.79. The summed E-state index contributed by atoms with van der Waals surface area (Å²) in [5.41, 5.74) is 3.08. The number of nitrogens with zero attached hydrogens (tertiary/aromatic N) is 2. The summed E-state index contributed by atoms with van der Waals surface area (Å²) >= 11 is 0. The van der Waals surface area contributed by atoms with Crippen LogP contribution in [0.3, 0.4) is 0 Å². The molecule has 0 aliphatic carbocycles. The van der Waals surface area contributed by atoms with Crippen LogP contribution in [0, 0.1) is 12.8 Å². The lowest BCUT2D eigenvalue weighted by atomic mass is 9.96. The number of rotatable bonds is 7. The van der Waals surface area contributed by atoms with Gasteiger partial charge >= 0.3 is 0 Å². The van der Waals surface area contributed by atoms with Crippen LogP contribution in [0.1, 0.15) is 63.0 Å². The number of benzene rings is 1. The predicted molar refractivity (Wildman–Crippen MR) is 108 cm³/mol. The van der Waals surface area contributed by atoms with Crippen molar-refractivity contribution in [3.8, 4) is 5.75 Å². The Morgan fingerprint density at radius 3 is 2.82 bits per heavy atom. The highest BCUT2D eigenvalue weighted by Gasteiger charge is 2.36. The Labute approximate surface area is 167 Å². The van der Waals surface area contributed by atoms with Crippen molar-refractivity contribution in [2.45, 2.75) is 65.8 Å². The van der Waals surface area contributed by atoms with Crippen LogP contribution >= 0.6 is 0 Å². The Morgan fingerprint density at radius 1 is 1.36 bits per heavy atom. The number of hydrogen-bond acceptors (Lipinski definition) is 4. The smallest absolute Gasteiger partial charge is 0.226 e. The summed E-state index contributed by atoms with van der Waals surface area (Å²) in [6.45, 7) is 11.2. The molecule has 6 nitrogen and oxygen atoms in total. The predicted octanol–water partition coefficient (Wildman–Crippen LogP) is 3.95. The van der Waals surface area contributed by atoms with Gasteiger partial charge in [0.2, 0.25) is 5.91 Å². The molecule has 3 rings (SSSR count). The molecule has 2 atom stereocenters. The zero-order chi connectivity index (χ0) is 20.3. The number of aryl methyl sites for hydroxylation is 1. The Kier molecular flexibility index (Phi) is 6.39. The summed E-state index contributed by atoms with van der Waals surface area (Å²) in [7, 11) is 0. The zero-order valence-corrected chi connectivity index (χ0v) is 17.4. The van der Waals surface area contributed by atoms with E-state index >= 15 is 0 Å². The first-order valence-corrected chi connectivity index (χ1v) is 10.0. The lowest BCUT2D eigenvalue weighted by Gasteiger charge is -2.19. The van der Waals surface area contributed by atoms with E-state index in [0.717, 1.165) is 22.4 Å². The van der Waals surface area contributed by atoms with Crippen molar-refractivity contribution in [2.75, 3.05) is 6.61 Å². The van der Waals surface area contributed by atoms with Gasteiger partial charge in [0.25, 0.3) is 0 Å². The average Bonchev–Trinajstić information content (AvgIpc) is 3.29.